The molecule has 0 rings (SSSR count). The summed E-state index contributed by atoms with van der Waals surface area (Å²) in [6.07, 6.45) is 0. The van der Waals surface area contributed by atoms with Crippen LogP contribution in [0.2, 0.25) is 0 Å². The molecule has 0 saturated carbocycles. The second-order valence-corrected chi connectivity index (χ2v) is 5.61. The SMILES string of the molecule is CC(C)N(CCN(CCS)CCS)C(C)C. The average molecular weight is 265 g/mol. The lowest BCUT2D eigenvalue weighted by Gasteiger charge is -2.33. The van der Waals surface area contributed by atoms with E-state index in [1.54, 1.807) is 0 Å². The molecule has 16 heavy (non-hydrogen) atoms. The molecule has 0 heterocycles. The summed E-state index contributed by atoms with van der Waals surface area (Å²) in [7, 11) is 0. The quantitative estimate of drug-likeness (QED) is 0.617. The molecule has 0 N–H and O–H groups in total. The first kappa shape index (κ1) is 16.6. The van der Waals surface area contributed by atoms with Crippen molar-refractivity contribution in [3.8, 4) is 0 Å². The van der Waals surface area contributed by atoms with Crippen LogP contribution in [0.25, 0.3) is 0 Å². The van der Waals surface area contributed by atoms with E-state index >= 15 is 0 Å². The van der Waals surface area contributed by atoms with Crippen molar-refractivity contribution >= 4 is 25.3 Å². The minimum absolute atomic E-state index is 0.619. The lowest BCUT2D eigenvalue weighted by atomic mass is 10.2. The van der Waals surface area contributed by atoms with Gasteiger partial charge in [0.2, 0.25) is 0 Å². The maximum atomic E-state index is 4.30. The van der Waals surface area contributed by atoms with Crippen molar-refractivity contribution in [1.29, 1.82) is 0 Å². The first-order chi connectivity index (χ1) is 7.52. The molecule has 0 aliphatic carbocycles. The molecule has 0 aliphatic rings. The van der Waals surface area contributed by atoms with Gasteiger partial charge in [-0.1, -0.05) is 0 Å². The lowest BCUT2D eigenvalue weighted by molar-refractivity contribution is 0.148. The van der Waals surface area contributed by atoms with Crippen LogP contribution in [0.5, 0.6) is 0 Å². The fourth-order valence-corrected chi connectivity index (χ4v) is 2.55. The summed E-state index contributed by atoms with van der Waals surface area (Å²) in [5.74, 6) is 1.86. The van der Waals surface area contributed by atoms with Gasteiger partial charge in [-0.05, 0) is 27.7 Å². The highest BCUT2D eigenvalue weighted by atomic mass is 32.1. The zero-order chi connectivity index (χ0) is 12.6. The summed E-state index contributed by atoms with van der Waals surface area (Å²) in [4.78, 5) is 4.97. The zero-order valence-corrected chi connectivity index (χ0v) is 13.0. The van der Waals surface area contributed by atoms with Gasteiger partial charge in [0.15, 0.2) is 0 Å². The summed E-state index contributed by atoms with van der Waals surface area (Å²) in [6.45, 7) is 13.4. The Kier molecular flexibility index (Phi) is 10.0. The van der Waals surface area contributed by atoms with E-state index in [-0.39, 0.29) is 0 Å². The van der Waals surface area contributed by atoms with Gasteiger partial charge in [0, 0.05) is 49.8 Å². The zero-order valence-electron chi connectivity index (χ0n) is 11.2. The van der Waals surface area contributed by atoms with Crippen molar-refractivity contribution in [2.75, 3.05) is 37.7 Å². The highest BCUT2D eigenvalue weighted by Crippen LogP contribution is 2.05. The second-order valence-electron chi connectivity index (χ2n) is 4.71. The third-order valence-electron chi connectivity index (χ3n) is 2.83. The summed E-state index contributed by atoms with van der Waals surface area (Å²) in [6, 6.07) is 1.24. The standard InChI is InChI=1S/C12H28N2S2/c1-11(2)14(12(3)4)6-5-13(7-9-15)8-10-16/h11-12,15-16H,5-10H2,1-4H3. The Morgan fingerprint density at radius 2 is 1.19 bits per heavy atom. The van der Waals surface area contributed by atoms with E-state index in [0.717, 1.165) is 37.7 Å². The lowest BCUT2D eigenvalue weighted by Crippen LogP contribution is -2.43. The minimum Gasteiger partial charge on any atom is -0.300 e. The maximum Gasteiger partial charge on any atom is 0.0115 e. The Morgan fingerprint density at radius 3 is 1.50 bits per heavy atom. The van der Waals surface area contributed by atoms with Crippen LogP contribution < -0.4 is 0 Å². The topological polar surface area (TPSA) is 6.48 Å². The van der Waals surface area contributed by atoms with Gasteiger partial charge in [-0.25, -0.2) is 0 Å². The van der Waals surface area contributed by atoms with E-state index in [1.807, 2.05) is 0 Å². The molecule has 0 saturated heterocycles. The van der Waals surface area contributed by atoms with Crippen LogP contribution in [0, 0.1) is 0 Å². The van der Waals surface area contributed by atoms with E-state index in [9.17, 15) is 0 Å². The summed E-state index contributed by atoms with van der Waals surface area (Å²) >= 11 is 8.60. The van der Waals surface area contributed by atoms with Crippen molar-refractivity contribution in [2.24, 2.45) is 0 Å². The fraction of sp³-hybridized carbons (Fsp3) is 1.00. The predicted octanol–water partition coefficient (Wildman–Crippen LogP) is 2.27. The van der Waals surface area contributed by atoms with E-state index < -0.39 is 0 Å². The van der Waals surface area contributed by atoms with Gasteiger partial charge in [0.05, 0.1) is 0 Å². The van der Waals surface area contributed by atoms with Crippen LogP contribution in [-0.2, 0) is 0 Å². The number of nitrogens with zero attached hydrogens (tertiary/aromatic N) is 2. The molecule has 0 spiro atoms. The van der Waals surface area contributed by atoms with Crippen molar-refractivity contribution in [3.05, 3.63) is 0 Å². The van der Waals surface area contributed by atoms with Gasteiger partial charge in [-0.2, -0.15) is 25.3 Å². The van der Waals surface area contributed by atoms with Crippen LogP contribution >= 0.6 is 25.3 Å². The molecule has 0 aliphatic heterocycles. The molecule has 0 aromatic carbocycles. The predicted molar refractivity (Wildman–Crippen MR) is 81.1 cm³/mol. The number of rotatable bonds is 9. The molecule has 0 aromatic rings. The molecule has 0 bridgehead atoms. The third kappa shape index (κ3) is 7.05. The Bertz CT molecular complexity index is 149. The molecule has 98 valence electrons. The Morgan fingerprint density at radius 1 is 0.750 bits per heavy atom. The molecule has 0 amide bonds. The summed E-state index contributed by atoms with van der Waals surface area (Å²) in [5.41, 5.74) is 0. The smallest absolute Gasteiger partial charge is 0.0115 e. The normalized spacial score (nSPS) is 12.4. The molecule has 2 nitrogen and oxygen atoms in total. The molecule has 0 aromatic heterocycles. The molecular weight excluding hydrogens is 236 g/mol. The first-order valence-electron chi connectivity index (χ1n) is 6.22. The molecule has 0 unspecified atom stereocenters. The van der Waals surface area contributed by atoms with Crippen molar-refractivity contribution in [3.63, 3.8) is 0 Å². The van der Waals surface area contributed by atoms with Crippen molar-refractivity contribution < 1.29 is 0 Å². The fourth-order valence-electron chi connectivity index (χ4n) is 1.99. The molecule has 4 heteroatoms. The Hall–Kier alpha value is 0.620. The first-order valence-corrected chi connectivity index (χ1v) is 7.49. The van der Waals surface area contributed by atoms with Crippen LogP contribution in [0.15, 0.2) is 0 Å². The summed E-state index contributed by atoms with van der Waals surface area (Å²) < 4.78 is 0. The van der Waals surface area contributed by atoms with Crippen LogP contribution in [0.1, 0.15) is 27.7 Å². The average Bonchev–Trinajstić information content (AvgIpc) is 2.17. The van der Waals surface area contributed by atoms with Crippen molar-refractivity contribution in [1.82, 2.24) is 9.80 Å². The third-order valence-corrected chi connectivity index (χ3v) is 3.23. The van der Waals surface area contributed by atoms with Gasteiger partial charge in [-0.15, -0.1) is 0 Å². The monoisotopic (exact) mass is 264 g/mol. The number of hydrogen-bond donors (Lipinski definition) is 2. The van der Waals surface area contributed by atoms with Gasteiger partial charge >= 0.3 is 0 Å². The highest BCUT2D eigenvalue weighted by Gasteiger charge is 2.14. The molecule has 0 fully saturated rings. The van der Waals surface area contributed by atoms with Gasteiger partial charge < -0.3 is 4.90 Å². The van der Waals surface area contributed by atoms with E-state index in [0.29, 0.717) is 12.1 Å². The summed E-state index contributed by atoms with van der Waals surface area (Å²) in [5, 5.41) is 0. The molecular formula is C12H28N2S2. The van der Waals surface area contributed by atoms with E-state index in [4.69, 9.17) is 0 Å². The van der Waals surface area contributed by atoms with Crippen LogP contribution in [0.3, 0.4) is 0 Å². The van der Waals surface area contributed by atoms with Gasteiger partial charge in [-0.3, -0.25) is 4.90 Å². The Balaban J connectivity index is 4.04. The molecule has 0 atom stereocenters. The molecule has 0 radical (unpaired) electrons. The maximum absolute atomic E-state index is 4.30. The van der Waals surface area contributed by atoms with Gasteiger partial charge in [0.25, 0.3) is 0 Å². The van der Waals surface area contributed by atoms with Gasteiger partial charge in [0.1, 0.15) is 0 Å². The van der Waals surface area contributed by atoms with E-state index in [1.165, 1.54) is 0 Å². The Labute approximate surface area is 113 Å². The van der Waals surface area contributed by atoms with E-state index in [2.05, 4.69) is 62.8 Å². The second kappa shape index (κ2) is 9.63. The largest absolute Gasteiger partial charge is 0.300 e. The highest BCUT2D eigenvalue weighted by molar-refractivity contribution is 7.80. The number of thiol groups is 2. The number of hydrogen-bond acceptors (Lipinski definition) is 4. The van der Waals surface area contributed by atoms with Crippen molar-refractivity contribution in [2.45, 2.75) is 39.8 Å². The minimum atomic E-state index is 0.619. The van der Waals surface area contributed by atoms with Crippen LogP contribution in [-0.4, -0.2) is 59.6 Å². The van der Waals surface area contributed by atoms with Crippen LogP contribution in [0.4, 0.5) is 0 Å².